The molecule has 3 heteroatoms. The van der Waals surface area contributed by atoms with Gasteiger partial charge in [0.15, 0.2) is 0 Å². The predicted octanol–water partition coefficient (Wildman–Crippen LogP) is 4.08. The molecular formula is C15H29N3. The fourth-order valence-corrected chi connectivity index (χ4v) is 2.11. The van der Waals surface area contributed by atoms with Crippen LogP contribution in [0.5, 0.6) is 0 Å². The minimum Gasteiger partial charge on any atom is -0.249 e. The summed E-state index contributed by atoms with van der Waals surface area (Å²) >= 11 is 0. The van der Waals surface area contributed by atoms with Crippen molar-refractivity contribution < 1.29 is 0 Å². The molecule has 1 aromatic heterocycles. The quantitative estimate of drug-likeness (QED) is 0.731. The maximum absolute atomic E-state index is 4.20. The fourth-order valence-electron chi connectivity index (χ4n) is 2.11. The van der Waals surface area contributed by atoms with Gasteiger partial charge < -0.3 is 0 Å². The van der Waals surface area contributed by atoms with Gasteiger partial charge >= 0.3 is 0 Å². The number of aryl methyl sites for hydroxylation is 2. The third-order valence-corrected chi connectivity index (χ3v) is 3.21. The fraction of sp³-hybridized carbons (Fsp3) is 0.867. The first-order chi connectivity index (χ1) is 8.38. The Hall–Kier alpha value is -0.860. The Morgan fingerprint density at radius 1 is 1.22 bits per heavy atom. The van der Waals surface area contributed by atoms with E-state index in [4.69, 9.17) is 0 Å². The Morgan fingerprint density at radius 3 is 2.56 bits per heavy atom. The number of rotatable bonds is 7. The molecule has 3 nitrogen and oxygen atoms in total. The average molecular weight is 251 g/mol. The smallest absolute Gasteiger partial charge is 0.0725 e. The number of aromatic nitrogens is 3. The van der Waals surface area contributed by atoms with Crippen LogP contribution in [0.15, 0.2) is 6.20 Å². The summed E-state index contributed by atoms with van der Waals surface area (Å²) in [6.45, 7) is 12.4. The van der Waals surface area contributed by atoms with Gasteiger partial charge in [-0.1, -0.05) is 46.3 Å². The topological polar surface area (TPSA) is 30.7 Å². The molecular weight excluding hydrogens is 222 g/mol. The van der Waals surface area contributed by atoms with Gasteiger partial charge in [0.1, 0.15) is 0 Å². The first-order valence-corrected chi connectivity index (χ1v) is 7.26. The number of hydrogen-bond acceptors (Lipinski definition) is 2. The summed E-state index contributed by atoms with van der Waals surface area (Å²) in [6.07, 6.45) is 7.98. The lowest BCUT2D eigenvalue weighted by Gasteiger charge is -2.17. The summed E-state index contributed by atoms with van der Waals surface area (Å²) in [5.74, 6) is 0.787. The number of hydrogen-bond donors (Lipinski definition) is 0. The van der Waals surface area contributed by atoms with E-state index in [1.807, 2.05) is 6.20 Å². The van der Waals surface area contributed by atoms with E-state index >= 15 is 0 Å². The van der Waals surface area contributed by atoms with E-state index in [2.05, 4.69) is 49.6 Å². The summed E-state index contributed by atoms with van der Waals surface area (Å²) in [7, 11) is 0. The zero-order valence-corrected chi connectivity index (χ0v) is 12.7. The molecule has 0 aliphatic carbocycles. The van der Waals surface area contributed by atoms with Crippen LogP contribution in [0, 0.1) is 11.3 Å². The van der Waals surface area contributed by atoms with Crippen LogP contribution in [0.4, 0.5) is 0 Å². The molecule has 0 saturated carbocycles. The Bertz CT molecular complexity index is 334. The standard InChI is InChI=1S/C15H29N3/c1-13(2)8-6-9-14-12-16-17-18(14)11-7-10-15(3,4)5/h12-13H,6-11H2,1-5H3. The van der Waals surface area contributed by atoms with E-state index in [-0.39, 0.29) is 0 Å². The zero-order chi connectivity index (χ0) is 13.6. The molecule has 0 bridgehead atoms. The second kappa shape index (κ2) is 6.91. The molecule has 0 spiro atoms. The van der Waals surface area contributed by atoms with Crippen molar-refractivity contribution in [2.75, 3.05) is 0 Å². The highest BCUT2D eigenvalue weighted by Crippen LogP contribution is 2.21. The van der Waals surface area contributed by atoms with Crippen molar-refractivity contribution in [3.8, 4) is 0 Å². The Kier molecular flexibility index (Phi) is 5.83. The summed E-state index contributed by atoms with van der Waals surface area (Å²) < 4.78 is 2.09. The molecule has 0 aliphatic rings. The highest BCUT2D eigenvalue weighted by molar-refractivity contribution is 4.94. The number of nitrogens with zero attached hydrogens (tertiary/aromatic N) is 3. The molecule has 0 saturated heterocycles. The van der Waals surface area contributed by atoms with Gasteiger partial charge in [-0.25, -0.2) is 4.68 Å². The molecule has 0 fully saturated rings. The zero-order valence-electron chi connectivity index (χ0n) is 12.7. The summed E-state index contributed by atoms with van der Waals surface area (Å²) in [5, 5.41) is 8.25. The summed E-state index contributed by atoms with van der Waals surface area (Å²) in [5.41, 5.74) is 1.71. The second-order valence-corrected chi connectivity index (χ2v) is 6.90. The van der Waals surface area contributed by atoms with Gasteiger partial charge in [0.05, 0.1) is 11.9 Å². The molecule has 1 heterocycles. The minimum absolute atomic E-state index is 0.415. The van der Waals surface area contributed by atoms with Crippen LogP contribution < -0.4 is 0 Å². The third kappa shape index (κ3) is 6.18. The van der Waals surface area contributed by atoms with Crippen LogP contribution >= 0.6 is 0 Å². The molecule has 18 heavy (non-hydrogen) atoms. The highest BCUT2D eigenvalue weighted by atomic mass is 15.4. The lowest BCUT2D eigenvalue weighted by Crippen LogP contribution is -2.10. The van der Waals surface area contributed by atoms with Crippen molar-refractivity contribution in [1.29, 1.82) is 0 Å². The van der Waals surface area contributed by atoms with Crippen LogP contribution in [0.2, 0.25) is 0 Å². The van der Waals surface area contributed by atoms with Crippen molar-refractivity contribution in [3.05, 3.63) is 11.9 Å². The van der Waals surface area contributed by atoms with Gasteiger partial charge in [0, 0.05) is 6.54 Å². The van der Waals surface area contributed by atoms with Crippen LogP contribution in [-0.2, 0) is 13.0 Å². The molecule has 0 aliphatic heterocycles. The van der Waals surface area contributed by atoms with E-state index < -0.39 is 0 Å². The molecule has 1 aromatic rings. The van der Waals surface area contributed by atoms with Crippen molar-refractivity contribution in [3.63, 3.8) is 0 Å². The second-order valence-electron chi connectivity index (χ2n) is 6.90. The molecule has 0 radical (unpaired) electrons. The highest BCUT2D eigenvalue weighted by Gasteiger charge is 2.10. The largest absolute Gasteiger partial charge is 0.249 e. The first-order valence-electron chi connectivity index (χ1n) is 7.26. The SMILES string of the molecule is CC(C)CCCc1cnnn1CCCC(C)(C)C. The van der Waals surface area contributed by atoms with Gasteiger partial charge in [-0.2, -0.15) is 0 Å². The van der Waals surface area contributed by atoms with Crippen LogP contribution in [0.1, 0.15) is 66.0 Å². The molecule has 0 unspecified atom stereocenters. The molecule has 0 amide bonds. The van der Waals surface area contributed by atoms with E-state index in [0.29, 0.717) is 5.41 Å². The van der Waals surface area contributed by atoms with Crippen molar-refractivity contribution in [2.45, 2.75) is 73.3 Å². The molecule has 1 rings (SSSR count). The van der Waals surface area contributed by atoms with Crippen molar-refractivity contribution in [2.24, 2.45) is 11.3 Å². The van der Waals surface area contributed by atoms with Crippen molar-refractivity contribution >= 4 is 0 Å². The Labute approximate surface area is 112 Å². The maximum Gasteiger partial charge on any atom is 0.0725 e. The normalized spacial score (nSPS) is 12.3. The van der Waals surface area contributed by atoms with Gasteiger partial charge in [0.25, 0.3) is 0 Å². The lowest BCUT2D eigenvalue weighted by molar-refractivity contribution is 0.345. The van der Waals surface area contributed by atoms with Crippen LogP contribution in [0.25, 0.3) is 0 Å². The molecule has 0 aromatic carbocycles. The Morgan fingerprint density at radius 2 is 1.94 bits per heavy atom. The van der Waals surface area contributed by atoms with E-state index in [1.165, 1.54) is 31.4 Å². The summed E-state index contributed by atoms with van der Waals surface area (Å²) in [4.78, 5) is 0. The van der Waals surface area contributed by atoms with Gasteiger partial charge in [0.2, 0.25) is 0 Å². The van der Waals surface area contributed by atoms with Gasteiger partial charge in [-0.05, 0) is 37.0 Å². The van der Waals surface area contributed by atoms with E-state index in [0.717, 1.165) is 18.9 Å². The Balaban J connectivity index is 2.35. The summed E-state index contributed by atoms with van der Waals surface area (Å²) in [6, 6.07) is 0. The first kappa shape index (κ1) is 15.2. The monoisotopic (exact) mass is 251 g/mol. The minimum atomic E-state index is 0.415. The van der Waals surface area contributed by atoms with E-state index in [9.17, 15) is 0 Å². The third-order valence-electron chi connectivity index (χ3n) is 3.21. The van der Waals surface area contributed by atoms with Crippen LogP contribution in [-0.4, -0.2) is 15.0 Å². The maximum atomic E-state index is 4.20. The van der Waals surface area contributed by atoms with Gasteiger partial charge in [-0.3, -0.25) is 0 Å². The molecule has 104 valence electrons. The average Bonchev–Trinajstić information content (AvgIpc) is 2.63. The van der Waals surface area contributed by atoms with E-state index in [1.54, 1.807) is 0 Å². The predicted molar refractivity (Wildman–Crippen MR) is 76.5 cm³/mol. The molecule has 0 atom stereocenters. The van der Waals surface area contributed by atoms with Crippen LogP contribution in [0.3, 0.4) is 0 Å². The lowest BCUT2D eigenvalue weighted by atomic mass is 9.91. The van der Waals surface area contributed by atoms with Gasteiger partial charge in [-0.15, -0.1) is 5.10 Å². The molecule has 0 N–H and O–H groups in total. The van der Waals surface area contributed by atoms with Crippen molar-refractivity contribution in [1.82, 2.24) is 15.0 Å².